The number of methoxy groups -OCH3 is 1. The number of para-hydroxylation sites is 3. The summed E-state index contributed by atoms with van der Waals surface area (Å²) in [5.74, 6) is -0.896. The van der Waals surface area contributed by atoms with E-state index in [0.717, 1.165) is 5.56 Å². The van der Waals surface area contributed by atoms with Gasteiger partial charge in [-0.15, -0.1) is 0 Å². The molecule has 7 nitrogen and oxygen atoms in total. The van der Waals surface area contributed by atoms with E-state index >= 15 is 0 Å². The molecule has 142 valence electrons. The maximum absolute atomic E-state index is 11.9. The first-order valence-electron chi connectivity index (χ1n) is 8.43. The van der Waals surface area contributed by atoms with Crippen LogP contribution in [0.2, 0.25) is 0 Å². The minimum absolute atomic E-state index is 0.0265. The van der Waals surface area contributed by atoms with E-state index in [1.807, 2.05) is 25.1 Å². The minimum Gasteiger partial charge on any atom is -0.495 e. The van der Waals surface area contributed by atoms with Crippen molar-refractivity contribution in [2.45, 2.75) is 19.8 Å². The molecule has 0 aliphatic carbocycles. The topological polar surface area (TPSA) is 93.7 Å². The number of carbonyl (C=O) groups excluding carboxylic acids is 3. The molecular weight excluding hydrogens is 348 g/mol. The molecule has 0 aliphatic heterocycles. The molecule has 2 aromatic carbocycles. The summed E-state index contributed by atoms with van der Waals surface area (Å²) in [5.41, 5.74) is 2.12. The first-order chi connectivity index (χ1) is 13.0. The number of benzene rings is 2. The standard InChI is InChI=1S/C20H22N2O5/c1-14-7-3-4-8-15(14)21-18(23)11-12-20(25)27-13-19(24)22-16-9-5-6-10-17(16)26-2/h3-10H,11-13H2,1-2H3,(H,21,23)(H,22,24). The van der Waals surface area contributed by atoms with Crippen LogP contribution in [0, 0.1) is 6.92 Å². The molecule has 0 unspecified atom stereocenters. The largest absolute Gasteiger partial charge is 0.495 e. The van der Waals surface area contributed by atoms with Gasteiger partial charge in [0, 0.05) is 12.1 Å². The van der Waals surface area contributed by atoms with Gasteiger partial charge in [0.05, 0.1) is 19.2 Å². The summed E-state index contributed by atoms with van der Waals surface area (Å²) < 4.78 is 10.0. The molecule has 0 heterocycles. The summed E-state index contributed by atoms with van der Waals surface area (Å²) in [6, 6.07) is 14.3. The third kappa shape index (κ3) is 6.47. The van der Waals surface area contributed by atoms with Crippen LogP contribution < -0.4 is 15.4 Å². The fraction of sp³-hybridized carbons (Fsp3) is 0.250. The van der Waals surface area contributed by atoms with Crippen molar-refractivity contribution in [1.29, 1.82) is 0 Å². The van der Waals surface area contributed by atoms with E-state index in [-0.39, 0.29) is 18.7 Å². The summed E-state index contributed by atoms with van der Waals surface area (Å²) in [6.45, 7) is 1.44. The van der Waals surface area contributed by atoms with E-state index in [4.69, 9.17) is 9.47 Å². The maximum atomic E-state index is 11.9. The second-order valence-electron chi connectivity index (χ2n) is 5.77. The molecule has 0 aromatic heterocycles. The van der Waals surface area contributed by atoms with E-state index in [0.29, 0.717) is 17.1 Å². The lowest BCUT2D eigenvalue weighted by Crippen LogP contribution is -2.22. The number of rotatable bonds is 8. The number of hydrogen-bond acceptors (Lipinski definition) is 5. The third-order valence-electron chi connectivity index (χ3n) is 3.72. The number of ether oxygens (including phenoxy) is 2. The first kappa shape index (κ1) is 20.0. The maximum Gasteiger partial charge on any atom is 0.306 e. The number of amides is 2. The minimum atomic E-state index is -0.620. The zero-order chi connectivity index (χ0) is 19.6. The highest BCUT2D eigenvalue weighted by molar-refractivity contribution is 5.95. The van der Waals surface area contributed by atoms with Gasteiger partial charge in [0.1, 0.15) is 5.75 Å². The molecule has 0 saturated carbocycles. The Morgan fingerprint density at radius 3 is 2.19 bits per heavy atom. The zero-order valence-electron chi connectivity index (χ0n) is 15.3. The fourth-order valence-corrected chi connectivity index (χ4v) is 2.29. The number of esters is 1. The normalized spacial score (nSPS) is 10.0. The molecule has 0 atom stereocenters. The molecule has 0 saturated heterocycles. The van der Waals surface area contributed by atoms with Crippen LogP contribution in [0.15, 0.2) is 48.5 Å². The third-order valence-corrected chi connectivity index (χ3v) is 3.72. The van der Waals surface area contributed by atoms with Crippen LogP contribution in [0.3, 0.4) is 0 Å². The van der Waals surface area contributed by atoms with Gasteiger partial charge in [0.15, 0.2) is 6.61 Å². The van der Waals surface area contributed by atoms with Crippen LogP contribution in [0.5, 0.6) is 5.75 Å². The molecule has 0 bridgehead atoms. The van der Waals surface area contributed by atoms with Crippen molar-refractivity contribution in [1.82, 2.24) is 0 Å². The lowest BCUT2D eigenvalue weighted by atomic mass is 10.2. The Morgan fingerprint density at radius 2 is 1.48 bits per heavy atom. The summed E-state index contributed by atoms with van der Waals surface area (Å²) in [6.07, 6.45) is -0.138. The summed E-state index contributed by atoms with van der Waals surface area (Å²) >= 11 is 0. The van der Waals surface area contributed by atoms with E-state index in [1.54, 1.807) is 30.3 Å². The predicted octanol–water partition coefficient (Wildman–Crippen LogP) is 2.90. The molecule has 2 rings (SSSR count). The van der Waals surface area contributed by atoms with E-state index in [9.17, 15) is 14.4 Å². The highest BCUT2D eigenvalue weighted by atomic mass is 16.5. The second kappa shape index (κ2) is 9.96. The van der Waals surface area contributed by atoms with Crippen molar-refractivity contribution >= 4 is 29.2 Å². The van der Waals surface area contributed by atoms with Crippen molar-refractivity contribution in [3.63, 3.8) is 0 Å². The average Bonchev–Trinajstić information content (AvgIpc) is 2.67. The Kier molecular flexibility index (Phi) is 7.37. The average molecular weight is 370 g/mol. The van der Waals surface area contributed by atoms with Gasteiger partial charge in [0.2, 0.25) is 5.91 Å². The number of hydrogen-bond donors (Lipinski definition) is 2. The SMILES string of the molecule is COc1ccccc1NC(=O)COC(=O)CCC(=O)Nc1ccccc1C. The van der Waals surface area contributed by atoms with Gasteiger partial charge in [-0.05, 0) is 30.7 Å². The number of carbonyl (C=O) groups is 3. The van der Waals surface area contributed by atoms with Gasteiger partial charge in [0.25, 0.3) is 5.91 Å². The van der Waals surface area contributed by atoms with Gasteiger partial charge < -0.3 is 20.1 Å². The molecule has 2 aromatic rings. The van der Waals surface area contributed by atoms with Gasteiger partial charge in [-0.3, -0.25) is 14.4 Å². The molecule has 0 aliphatic rings. The van der Waals surface area contributed by atoms with Crippen molar-refractivity contribution in [3.8, 4) is 5.75 Å². The van der Waals surface area contributed by atoms with Crippen LogP contribution in [-0.4, -0.2) is 31.5 Å². The van der Waals surface area contributed by atoms with Gasteiger partial charge in [-0.2, -0.15) is 0 Å². The Bertz CT molecular complexity index is 820. The van der Waals surface area contributed by atoms with Gasteiger partial charge in [-0.25, -0.2) is 0 Å². The lowest BCUT2D eigenvalue weighted by molar-refractivity contribution is -0.147. The number of nitrogens with one attached hydrogen (secondary N) is 2. The lowest BCUT2D eigenvalue weighted by Gasteiger charge is -2.10. The molecular formula is C20H22N2O5. The fourth-order valence-electron chi connectivity index (χ4n) is 2.29. The van der Waals surface area contributed by atoms with Crippen LogP contribution in [-0.2, 0) is 19.1 Å². The first-order valence-corrected chi connectivity index (χ1v) is 8.43. The van der Waals surface area contributed by atoms with Crippen molar-refractivity contribution in [2.24, 2.45) is 0 Å². The molecule has 2 amide bonds. The Morgan fingerprint density at radius 1 is 0.852 bits per heavy atom. The van der Waals surface area contributed by atoms with E-state index in [1.165, 1.54) is 7.11 Å². The molecule has 27 heavy (non-hydrogen) atoms. The van der Waals surface area contributed by atoms with Crippen molar-refractivity contribution in [3.05, 3.63) is 54.1 Å². The van der Waals surface area contributed by atoms with Crippen LogP contribution in [0.1, 0.15) is 18.4 Å². The molecule has 0 spiro atoms. The summed E-state index contributed by atoms with van der Waals surface area (Å²) in [7, 11) is 1.49. The highest BCUT2D eigenvalue weighted by Gasteiger charge is 2.12. The van der Waals surface area contributed by atoms with E-state index in [2.05, 4.69) is 10.6 Å². The van der Waals surface area contributed by atoms with Crippen LogP contribution in [0.25, 0.3) is 0 Å². The molecule has 2 N–H and O–H groups in total. The zero-order valence-corrected chi connectivity index (χ0v) is 15.3. The monoisotopic (exact) mass is 370 g/mol. The predicted molar refractivity (Wildman–Crippen MR) is 102 cm³/mol. The Balaban J connectivity index is 1.72. The van der Waals surface area contributed by atoms with Crippen LogP contribution in [0.4, 0.5) is 11.4 Å². The molecule has 0 fully saturated rings. The number of anilines is 2. The van der Waals surface area contributed by atoms with Gasteiger partial charge >= 0.3 is 5.97 Å². The highest BCUT2D eigenvalue weighted by Crippen LogP contribution is 2.22. The quantitative estimate of drug-likeness (QED) is 0.697. The molecule has 0 radical (unpaired) electrons. The van der Waals surface area contributed by atoms with Crippen molar-refractivity contribution in [2.75, 3.05) is 24.4 Å². The summed E-state index contributed by atoms with van der Waals surface area (Å²) in [5, 5.41) is 5.34. The Hall–Kier alpha value is -3.35. The smallest absolute Gasteiger partial charge is 0.306 e. The summed E-state index contributed by atoms with van der Waals surface area (Å²) in [4.78, 5) is 35.5. The van der Waals surface area contributed by atoms with Crippen LogP contribution >= 0.6 is 0 Å². The number of aryl methyl sites for hydroxylation is 1. The van der Waals surface area contributed by atoms with E-state index < -0.39 is 18.5 Å². The van der Waals surface area contributed by atoms with Gasteiger partial charge in [-0.1, -0.05) is 30.3 Å². The second-order valence-corrected chi connectivity index (χ2v) is 5.77. The molecule has 7 heteroatoms. The Labute approximate surface area is 157 Å². The van der Waals surface area contributed by atoms with Crippen molar-refractivity contribution < 1.29 is 23.9 Å².